The van der Waals surface area contributed by atoms with Crippen LogP contribution in [0, 0.1) is 0 Å². The second-order valence-corrected chi connectivity index (χ2v) is 7.54. The van der Waals surface area contributed by atoms with E-state index in [0.29, 0.717) is 16.7 Å². The predicted molar refractivity (Wildman–Crippen MR) is 119 cm³/mol. The first-order chi connectivity index (χ1) is 14.2. The first-order valence-corrected chi connectivity index (χ1v) is 10.4. The molecule has 3 nitrogen and oxygen atoms in total. The van der Waals surface area contributed by atoms with Crippen molar-refractivity contribution in [1.82, 2.24) is 10.1 Å². The van der Waals surface area contributed by atoms with Crippen LogP contribution in [0.2, 0.25) is 5.02 Å². The normalized spacial score (nSPS) is 11.0. The van der Waals surface area contributed by atoms with Gasteiger partial charge in [0.15, 0.2) is 0 Å². The molecule has 0 bridgehead atoms. The Bertz CT molecular complexity index is 1070. The maximum atomic E-state index is 6.23. The summed E-state index contributed by atoms with van der Waals surface area (Å²) in [4.78, 5) is 4.50. The molecular weight excluding hydrogens is 380 g/mol. The lowest BCUT2D eigenvalue weighted by atomic mass is 10.0. The highest BCUT2D eigenvalue weighted by atomic mass is 35.5. The topological polar surface area (TPSA) is 38.9 Å². The van der Waals surface area contributed by atoms with Crippen molar-refractivity contribution in [3.8, 4) is 34.0 Å². The second-order valence-electron chi connectivity index (χ2n) is 7.13. The summed E-state index contributed by atoms with van der Waals surface area (Å²) in [6.07, 6.45) is 4.95. The number of hydrogen-bond acceptors (Lipinski definition) is 3. The summed E-state index contributed by atoms with van der Waals surface area (Å²) >= 11 is 6.23. The number of halogens is 1. The molecule has 0 N–H and O–H groups in total. The minimum absolute atomic E-state index is 0.484. The van der Waals surface area contributed by atoms with E-state index in [1.54, 1.807) is 0 Å². The maximum absolute atomic E-state index is 6.23. The third-order valence-electron chi connectivity index (χ3n) is 5.03. The fourth-order valence-corrected chi connectivity index (χ4v) is 3.56. The second kappa shape index (κ2) is 9.06. The average molecular weight is 403 g/mol. The van der Waals surface area contributed by atoms with Crippen LogP contribution in [0.4, 0.5) is 0 Å². The summed E-state index contributed by atoms with van der Waals surface area (Å²) < 4.78 is 5.45. The molecule has 0 radical (unpaired) electrons. The van der Waals surface area contributed by atoms with Gasteiger partial charge in [0.2, 0.25) is 5.82 Å². The number of rotatable bonds is 7. The van der Waals surface area contributed by atoms with Crippen molar-refractivity contribution >= 4 is 11.6 Å². The predicted octanol–water partition coefficient (Wildman–Crippen LogP) is 7.46. The summed E-state index contributed by atoms with van der Waals surface area (Å²) in [7, 11) is 0. The Morgan fingerprint density at radius 1 is 0.793 bits per heavy atom. The van der Waals surface area contributed by atoms with E-state index in [9.17, 15) is 0 Å². The molecule has 4 heteroatoms. The molecule has 1 heterocycles. The van der Waals surface area contributed by atoms with Crippen LogP contribution in [0.5, 0.6) is 0 Å². The summed E-state index contributed by atoms with van der Waals surface area (Å²) in [6.45, 7) is 2.23. The van der Waals surface area contributed by atoms with Crippen molar-refractivity contribution in [2.75, 3.05) is 0 Å². The van der Waals surface area contributed by atoms with E-state index in [2.05, 4.69) is 53.5 Å². The van der Waals surface area contributed by atoms with Crippen LogP contribution in [0.15, 0.2) is 77.3 Å². The van der Waals surface area contributed by atoms with Crippen molar-refractivity contribution in [3.63, 3.8) is 0 Å². The molecule has 0 amide bonds. The summed E-state index contributed by atoms with van der Waals surface area (Å²) in [5.41, 5.74) is 5.42. The molecule has 0 unspecified atom stereocenters. The van der Waals surface area contributed by atoms with Crippen LogP contribution in [-0.4, -0.2) is 10.1 Å². The molecule has 146 valence electrons. The van der Waals surface area contributed by atoms with Gasteiger partial charge in [-0.2, -0.15) is 4.98 Å². The molecule has 4 rings (SSSR count). The van der Waals surface area contributed by atoms with Crippen LogP contribution < -0.4 is 0 Å². The van der Waals surface area contributed by atoms with E-state index in [1.807, 2.05) is 36.4 Å². The van der Waals surface area contributed by atoms with E-state index in [-0.39, 0.29) is 0 Å². The number of aryl methyl sites for hydroxylation is 1. The third-order valence-corrected chi connectivity index (χ3v) is 5.36. The first-order valence-electron chi connectivity index (χ1n) is 10.0. The molecule has 0 saturated carbocycles. The van der Waals surface area contributed by atoms with Crippen LogP contribution in [-0.2, 0) is 6.42 Å². The lowest BCUT2D eigenvalue weighted by molar-refractivity contribution is 0.432. The zero-order valence-electron chi connectivity index (χ0n) is 16.4. The number of benzene rings is 3. The SMILES string of the molecule is CCCCCc1ccc(-c2ccc(-c3nc(-c4ccccc4Cl)no3)cc2)cc1. The fourth-order valence-electron chi connectivity index (χ4n) is 3.34. The van der Waals surface area contributed by atoms with Gasteiger partial charge in [-0.05, 0) is 53.8 Å². The van der Waals surface area contributed by atoms with Crippen LogP contribution in [0.3, 0.4) is 0 Å². The molecule has 0 fully saturated rings. The van der Waals surface area contributed by atoms with Gasteiger partial charge in [-0.3, -0.25) is 0 Å². The molecule has 0 atom stereocenters. The van der Waals surface area contributed by atoms with Crippen molar-refractivity contribution in [3.05, 3.63) is 83.4 Å². The third kappa shape index (κ3) is 4.57. The van der Waals surface area contributed by atoms with Gasteiger partial charge in [-0.1, -0.05) is 85.1 Å². The quantitative estimate of drug-likeness (QED) is 0.301. The molecule has 1 aromatic heterocycles. The zero-order valence-corrected chi connectivity index (χ0v) is 17.2. The van der Waals surface area contributed by atoms with Crippen molar-refractivity contribution in [2.45, 2.75) is 32.6 Å². The smallest absolute Gasteiger partial charge is 0.258 e. The van der Waals surface area contributed by atoms with Crippen LogP contribution >= 0.6 is 11.6 Å². The van der Waals surface area contributed by atoms with Crippen molar-refractivity contribution < 1.29 is 4.52 Å². The lowest BCUT2D eigenvalue weighted by Gasteiger charge is -2.05. The number of aromatic nitrogens is 2. The molecule has 3 aromatic carbocycles. The highest BCUT2D eigenvalue weighted by Gasteiger charge is 2.13. The lowest BCUT2D eigenvalue weighted by Crippen LogP contribution is -1.86. The molecule has 0 aliphatic carbocycles. The molecule has 0 aliphatic rings. The van der Waals surface area contributed by atoms with E-state index in [4.69, 9.17) is 16.1 Å². The van der Waals surface area contributed by atoms with E-state index >= 15 is 0 Å². The van der Waals surface area contributed by atoms with E-state index in [0.717, 1.165) is 17.5 Å². The Morgan fingerprint density at radius 2 is 1.45 bits per heavy atom. The Kier molecular flexibility index (Phi) is 6.06. The van der Waals surface area contributed by atoms with Gasteiger partial charge < -0.3 is 4.52 Å². The number of unbranched alkanes of at least 4 members (excludes halogenated alkanes) is 2. The van der Waals surface area contributed by atoms with E-state index < -0.39 is 0 Å². The number of hydrogen-bond donors (Lipinski definition) is 0. The fraction of sp³-hybridized carbons (Fsp3) is 0.200. The van der Waals surface area contributed by atoms with Gasteiger partial charge in [-0.25, -0.2) is 0 Å². The Balaban J connectivity index is 1.49. The van der Waals surface area contributed by atoms with Crippen molar-refractivity contribution in [1.29, 1.82) is 0 Å². The Labute approximate surface area is 176 Å². The molecule has 0 saturated heterocycles. The van der Waals surface area contributed by atoms with Gasteiger partial charge >= 0.3 is 0 Å². The Hall–Kier alpha value is -2.91. The highest BCUT2D eigenvalue weighted by molar-refractivity contribution is 6.33. The average Bonchev–Trinajstić information content (AvgIpc) is 3.25. The largest absolute Gasteiger partial charge is 0.334 e. The zero-order chi connectivity index (χ0) is 20.1. The van der Waals surface area contributed by atoms with E-state index in [1.165, 1.54) is 36.0 Å². The van der Waals surface area contributed by atoms with Gasteiger partial charge in [0.05, 0.1) is 5.02 Å². The van der Waals surface area contributed by atoms with Crippen LogP contribution in [0.25, 0.3) is 34.0 Å². The van der Waals surface area contributed by atoms with Gasteiger partial charge in [0.25, 0.3) is 5.89 Å². The van der Waals surface area contributed by atoms with Gasteiger partial charge in [-0.15, -0.1) is 0 Å². The first kappa shape index (κ1) is 19.4. The maximum Gasteiger partial charge on any atom is 0.258 e. The van der Waals surface area contributed by atoms with Crippen molar-refractivity contribution in [2.24, 2.45) is 0 Å². The van der Waals surface area contributed by atoms with Crippen LogP contribution in [0.1, 0.15) is 31.7 Å². The molecular formula is C25H23ClN2O. The molecule has 4 aromatic rings. The molecule has 29 heavy (non-hydrogen) atoms. The standard InChI is InChI=1S/C25H23ClN2O/c1-2-3-4-7-18-10-12-19(13-11-18)20-14-16-21(17-15-20)25-27-24(28-29-25)22-8-5-6-9-23(22)26/h5-6,8-17H,2-4,7H2,1H3. The van der Waals surface area contributed by atoms with Gasteiger partial charge in [0, 0.05) is 11.1 Å². The highest BCUT2D eigenvalue weighted by Crippen LogP contribution is 2.29. The molecule has 0 aliphatic heterocycles. The Morgan fingerprint density at radius 3 is 2.14 bits per heavy atom. The monoisotopic (exact) mass is 402 g/mol. The number of nitrogens with zero attached hydrogens (tertiary/aromatic N) is 2. The summed E-state index contributed by atoms with van der Waals surface area (Å²) in [5.74, 6) is 0.978. The summed E-state index contributed by atoms with van der Waals surface area (Å²) in [5, 5.41) is 4.68. The minimum atomic E-state index is 0.484. The molecule has 0 spiro atoms. The summed E-state index contributed by atoms with van der Waals surface area (Å²) in [6, 6.07) is 24.5. The van der Waals surface area contributed by atoms with Gasteiger partial charge in [0.1, 0.15) is 0 Å². The minimum Gasteiger partial charge on any atom is -0.334 e.